The van der Waals surface area contributed by atoms with Crippen LogP contribution in [-0.2, 0) is 19.4 Å². The van der Waals surface area contributed by atoms with Crippen LogP contribution >= 0.6 is 0 Å². The highest BCUT2D eigenvalue weighted by atomic mass is 16.1. The fourth-order valence-electron chi connectivity index (χ4n) is 3.79. The number of fused-ring (bicyclic) bond motifs is 1. The van der Waals surface area contributed by atoms with Crippen molar-refractivity contribution in [3.63, 3.8) is 0 Å². The molecule has 0 bridgehead atoms. The van der Waals surface area contributed by atoms with Crippen molar-refractivity contribution in [1.29, 1.82) is 0 Å². The fraction of sp³-hybridized carbons (Fsp3) is 0.706. The van der Waals surface area contributed by atoms with E-state index in [1.165, 1.54) is 43.4 Å². The molecule has 0 aromatic carbocycles. The summed E-state index contributed by atoms with van der Waals surface area (Å²) in [6.45, 7) is 4.98. The van der Waals surface area contributed by atoms with E-state index in [1.54, 1.807) is 0 Å². The third kappa shape index (κ3) is 2.56. The van der Waals surface area contributed by atoms with Gasteiger partial charge in [-0.2, -0.15) is 0 Å². The van der Waals surface area contributed by atoms with E-state index in [0.29, 0.717) is 6.04 Å². The fourth-order valence-corrected chi connectivity index (χ4v) is 3.79. The molecule has 3 nitrogen and oxygen atoms in total. The Morgan fingerprint density at radius 1 is 1.25 bits per heavy atom. The van der Waals surface area contributed by atoms with Gasteiger partial charge in [0, 0.05) is 29.9 Å². The van der Waals surface area contributed by atoms with Crippen molar-refractivity contribution in [3.8, 4) is 0 Å². The largest absolute Gasteiger partial charge is 0.310 e. The van der Waals surface area contributed by atoms with Gasteiger partial charge >= 0.3 is 0 Å². The average molecular weight is 274 g/mol. The van der Waals surface area contributed by atoms with Crippen LogP contribution in [0.3, 0.4) is 0 Å². The molecule has 1 N–H and O–H groups in total. The zero-order valence-corrected chi connectivity index (χ0v) is 12.7. The smallest absolute Gasteiger partial charge is 0.255 e. The van der Waals surface area contributed by atoms with Crippen molar-refractivity contribution in [2.45, 2.75) is 77.4 Å². The molecule has 0 aliphatic heterocycles. The van der Waals surface area contributed by atoms with Gasteiger partial charge in [0.1, 0.15) is 0 Å². The van der Waals surface area contributed by atoms with E-state index in [4.69, 9.17) is 0 Å². The van der Waals surface area contributed by atoms with E-state index >= 15 is 0 Å². The van der Waals surface area contributed by atoms with Gasteiger partial charge in [0.05, 0.1) is 0 Å². The SMILES string of the molecule is CC(C)n1c2c(cc(CNC3CCCC3)c1=O)CCC2. The average Bonchev–Trinajstić information content (AvgIpc) is 3.06. The summed E-state index contributed by atoms with van der Waals surface area (Å²) in [7, 11) is 0. The Hall–Kier alpha value is -1.09. The Morgan fingerprint density at radius 3 is 2.70 bits per heavy atom. The number of hydrogen-bond acceptors (Lipinski definition) is 2. The minimum Gasteiger partial charge on any atom is -0.310 e. The second kappa shape index (κ2) is 5.72. The second-order valence-corrected chi connectivity index (χ2v) is 6.63. The summed E-state index contributed by atoms with van der Waals surface area (Å²) in [6, 6.07) is 3.06. The number of pyridine rings is 1. The van der Waals surface area contributed by atoms with Crippen molar-refractivity contribution in [3.05, 3.63) is 33.2 Å². The highest BCUT2D eigenvalue weighted by Gasteiger charge is 2.21. The molecule has 0 unspecified atom stereocenters. The Kier molecular flexibility index (Phi) is 3.97. The highest BCUT2D eigenvalue weighted by molar-refractivity contribution is 5.31. The second-order valence-electron chi connectivity index (χ2n) is 6.63. The maximum absolute atomic E-state index is 12.7. The summed E-state index contributed by atoms with van der Waals surface area (Å²) < 4.78 is 2.04. The number of aryl methyl sites for hydroxylation is 1. The van der Waals surface area contributed by atoms with E-state index in [0.717, 1.165) is 24.9 Å². The number of hydrogen-bond donors (Lipinski definition) is 1. The van der Waals surface area contributed by atoms with Crippen LogP contribution in [0, 0.1) is 0 Å². The molecule has 2 aliphatic carbocycles. The zero-order chi connectivity index (χ0) is 14.1. The molecule has 1 saturated carbocycles. The molecule has 3 heteroatoms. The van der Waals surface area contributed by atoms with Crippen LogP contribution in [-0.4, -0.2) is 10.6 Å². The molecule has 2 aliphatic rings. The highest BCUT2D eigenvalue weighted by Crippen LogP contribution is 2.24. The third-order valence-corrected chi connectivity index (χ3v) is 4.82. The van der Waals surface area contributed by atoms with Crippen molar-refractivity contribution in [2.75, 3.05) is 0 Å². The van der Waals surface area contributed by atoms with Crippen molar-refractivity contribution in [1.82, 2.24) is 9.88 Å². The number of nitrogens with zero attached hydrogens (tertiary/aromatic N) is 1. The van der Waals surface area contributed by atoms with Gasteiger partial charge in [0.25, 0.3) is 5.56 Å². The summed E-state index contributed by atoms with van der Waals surface area (Å²) in [4.78, 5) is 12.7. The zero-order valence-electron chi connectivity index (χ0n) is 12.7. The van der Waals surface area contributed by atoms with Gasteiger partial charge in [-0.3, -0.25) is 4.79 Å². The van der Waals surface area contributed by atoms with Gasteiger partial charge in [-0.1, -0.05) is 12.8 Å². The van der Waals surface area contributed by atoms with Gasteiger partial charge in [0.2, 0.25) is 0 Å². The molecular weight excluding hydrogens is 248 g/mol. The Labute approximate surface area is 121 Å². The van der Waals surface area contributed by atoms with Crippen molar-refractivity contribution < 1.29 is 0 Å². The topological polar surface area (TPSA) is 34.0 Å². The lowest BCUT2D eigenvalue weighted by molar-refractivity contribution is 0.509. The molecule has 0 radical (unpaired) electrons. The minimum absolute atomic E-state index is 0.228. The van der Waals surface area contributed by atoms with Crippen LogP contribution in [0.1, 0.15) is 68.8 Å². The third-order valence-electron chi connectivity index (χ3n) is 4.82. The molecule has 0 atom stereocenters. The van der Waals surface area contributed by atoms with Crippen molar-refractivity contribution in [2.24, 2.45) is 0 Å². The van der Waals surface area contributed by atoms with Gasteiger partial charge in [-0.25, -0.2) is 0 Å². The van der Waals surface area contributed by atoms with Crippen LogP contribution in [0.25, 0.3) is 0 Å². The Balaban J connectivity index is 1.87. The van der Waals surface area contributed by atoms with Crippen LogP contribution in [0.15, 0.2) is 10.9 Å². The maximum atomic E-state index is 12.7. The first-order valence-electron chi connectivity index (χ1n) is 8.16. The predicted molar refractivity (Wildman–Crippen MR) is 82.2 cm³/mol. The van der Waals surface area contributed by atoms with Gasteiger partial charge in [-0.15, -0.1) is 0 Å². The Bertz CT molecular complexity index is 539. The number of nitrogens with one attached hydrogen (secondary N) is 1. The number of rotatable bonds is 4. The summed E-state index contributed by atoms with van der Waals surface area (Å²) >= 11 is 0. The molecule has 110 valence electrons. The molecule has 1 fully saturated rings. The molecule has 0 spiro atoms. The molecule has 1 aromatic rings. The monoisotopic (exact) mass is 274 g/mol. The lowest BCUT2D eigenvalue weighted by atomic mass is 10.1. The lowest BCUT2D eigenvalue weighted by Gasteiger charge is -2.19. The van der Waals surface area contributed by atoms with Crippen LogP contribution in [0.5, 0.6) is 0 Å². The quantitative estimate of drug-likeness (QED) is 0.916. The van der Waals surface area contributed by atoms with E-state index in [1.807, 2.05) is 4.57 Å². The standard InChI is InChI=1S/C17H26N2O/c1-12(2)19-16-9-5-6-13(16)10-14(17(19)20)11-18-15-7-3-4-8-15/h10,12,15,18H,3-9,11H2,1-2H3. The van der Waals surface area contributed by atoms with Gasteiger partial charge in [0.15, 0.2) is 0 Å². The minimum atomic E-state index is 0.228. The van der Waals surface area contributed by atoms with Crippen LogP contribution in [0.2, 0.25) is 0 Å². The summed E-state index contributed by atoms with van der Waals surface area (Å²) in [5.74, 6) is 0. The number of aromatic nitrogens is 1. The van der Waals surface area contributed by atoms with E-state index < -0.39 is 0 Å². The Morgan fingerprint density at radius 2 is 2.00 bits per heavy atom. The van der Waals surface area contributed by atoms with Gasteiger partial charge < -0.3 is 9.88 Å². The lowest BCUT2D eigenvalue weighted by Crippen LogP contribution is -2.33. The van der Waals surface area contributed by atoms with E-state index in [2.05, 4.69) is 25.2 Å². The van der Waals surface area contributed by atoms with Crippen LogP contribution in [0.4, 0.5) is 0 Å². The van der Waals surface area contributed by atoms with Gasteiger partial charge in [-0.05, 0) is 57.6 Å². The molecular formula is C17H26N2O. The predicted octanol–water partition coefficient (Wildman–Crippen LogP) is 2.95. The molecule has 1 heterocycles. The normalized spacial score (nSPS) is 18.9. The summed E-state index contributed by atoms with van der Waals surface area (Å²) in [5, 5.41) is 3.58. The van der Waals surface area contributed by atoms with E-state index in [9.17, 15) is 4.79 Å². The van der Waals surface area contributed by atoms with Crippen molar-refractivity contribution >= 4 is 0 Å². The molecule has 3 rings (SSSR count). The molecule has 0 saturated heterocycles. The first-order valence-corrected chi connectivity index (χ1v) is 8.16. The molecule has 1 aromatic heterocycles. The summed E-state index contributed by atoms with van der Waals surface area (Å²) in [6.07, 6.45) is 8.60. The maximum Gasteiger partial charge on any atom is 0.255 e. The molecule has 20 heavy (non-hydrogen) atoms. The summed E-state index contributed by atoms with van der Waals surface area (Å²) in [5.41, 5.74) is 3.88. The van der Waals surface area contributed by atoms with Crippen LogP contribution < -0.4 is 10.9 Å². The molecule has 0 amide bonds. The first kappa shape index (κ1) is 13.9. The van der Waals surface area contributed by atoms with E-state index in [-0.39, 0.29) is 11.6 Å². The first-order chi connectivity index (χ1) is 9.66.